The van der Waals surface area contributed by atoms with Crippen molar-refractivity contribution >= 4 is 17.7 Å². The molecular formula is C27H33F3N4O5. The molecule has 0 unspecified atom stereocenters. The summed E-state index contributed by atoms with van der Waals surface area (Å²) in [6.07, 6.45) is -0.620. The van der Waals surface area contributed by atoms with Crippen molar-refractivity contribution in [3.8, 4) is 17.6 Å². The van der Waals surface area contributed by atoms with E-state index < -0.39 is 42.6 Å². The Morgan fingerprint density at radius 2 is 1.90 bits per heavy atom. The van der Waals surface area contributed by atoms with Crippen LogP contribution in [0.1, 0.15) is 52.4 Å². The molecule has 3 aliphatic rings. The average Bonchev–Trinajstić information content (AvgIpc) is 3.44. The number of amides is 3. The van der Waals surface area contributed by atoms with Crippen LogP contribution in [0.3, 0.4) is 0 Å². The summed E-state index contributed by atoms with van der Waals surface area (Å²) < 4.78 is 46.4. The third-order valence-electron chi connectivity index (χ3n) is 7.84. The summed E-state index contributed by atoms with van der Waals surface area (Å²) in [6.45, 7) is 3.87. The number of rotatable bonds is 8. The van der Waals surface area contributed by atoms with Gasteiger partial charge in [-0.3, -0.25) is 14.4 Å². The lowest BCUT2D eigenvalue weighted by Gasteiger charge is -2.36. The van der Waals surface area contributed by atoms with E-state index in [1.54, 1.807) is 0 Å². The van der Waals surface area contributed by atoms with E-state index in [9.17, 15) is 32.8 Å². The zero-order valence-corrected chi connectivity index (χ0v) is 21.9. The first kappa shape index (κ1) is 28.5. The van der Waals surface area contributed by atoms with Crippen LogP contribution in [0, 0.1) is 29.1 Å². The van der Waals surface area contributed by atoms with Crippen molar-refractivity contribution < 1.29 is 37.0 Å². The molecule has 0 bridgehead atoms. The first-order chi connectivity index (χ1) is 18.3. The lowest BCUT2D eigenvalue weighted by Crippen LogP contribution is -2.54. The lowest BCUT2D eigenvalue weighted by molar-refractivity contribution is -0.274. The minimum Gasteiger partial charge on any atom is -0.484 e. The van der Waals surface area contributed by atoms with Gasteiger partial charge in [-0.05, 0) is 82.1 Å². The van der Waals surface area contributed by atoms with Gasteiger partial charge in [0.25, 0.3) is 5.91 Å². The lowest BCUT2D eigenvalue weighted by atomic mass is 9.83. The van der Waals surface area contributed by atoms with Gasteiger partial charge in [-0.2, -0.15) is 5.26 Å². The van der Waals surface area contributed by atoms with Gasteiger partial charge in [-0.15, -0.1) is 13.2 Å². The maximum atomic E-state index is 13.4. The Morgan fingerprint density at radius 3 is 2.54 bits per heavy atom. The number of benzene rings is 1. The van der Waals surface area contributed by atoms with Crippen LogP contribution in [0.4, 0.5) is 13.2 Å². The highest BCUT2D eigenvalue weighted by molar-refractivity contribution is 5.89. The molecule has 0 radical (unpaired) electrons. The molecule has 1 aromatic carbocycles. The molecule has 212 valence electrons. The summed E-state index contributed by atoms with van der Waals surface area (Å²) >= 11 is 0. The van der Waals surface area contributed by atoms with Gasteiger partial charge >= 0.3 is 6.36 Å². The highest BCUT2D eigenvalue weighted by atomic mass is 19.4. The molecule has 1 saturated carbocycles. The monoisotopic (exact) mass is 550 g/mol. The fourth-order valence-electron chi connectivity index (χ4n) is 5.94. The number of carbonyl (C=O) groups is 3. The van der Waals surface area contributed by atoms with Crippen molar-refractivity contribution in [3.63, 3.8) is 0 Å². The van der Waals surface area contributed by atoms with Crippen LogP contribution in [0.5, 0.6) is 11.5 Å². The molecule has 3 amide bonds. The summed E-state index contributed by atoms with van der Waals surface area (Å²) in [5.74, 6) is -1.48. The molecule has 2 aliphatic heterocycles. The van der Waals surface area contributed by atoms with Crippen LogP contribution in [0.15, 0.2) is 24.3 Å². The van der Waals surface area contributed by atoms with E-state index in [-0.39, 0.29) is 41.4 Å². The number of fused-ring (bicyclic) bond motifs is 1. The number of nitriles is 1. The van der Waals surface area contributed by atoms with Crippen molar-refractivity contribution in [2.45, 2.75) is 76.4 Å². The van der Waals surface area contributed by atoms with E-state index in [0.29, 0.717) is 13.0 Å². The predicted molar refractivity (Wildman–Crippen MR) is 132 cm³/mol. The summed E-state index contributed by atoms with van der Waals surface area (Å²) in [6, 6.07) is 5.15. The molecular weight excluding hydrogens is 517 g/mol. The van der Waals surface area contributed by atoms with Crippen molar-refractivity contribution in [1.82, 2.24) is 15.5 Å². The van der Waals surface area contributed by atoms with Gasteiger partial charge in [-0.25, -0.2) is 0 Å². The van der Waals surface area contributed by atoms with Gasteiger partial charge in [-0.1, -0.05) is 6.42 Å². The molecule has 4 rings (SSSR count). The van der Waals surface area contributed by atoms with Crippen molar-refractivity contribution in [1.29, 1.82) is 5.26 Å². The Kier molecular flexibility index (Phi) is 8.28. The standard InChI is InChI=1S/C27H33F3N4O5/c1-26(2)11-10-16(24(36)33-26)12-18(13-31)32-25(37)23-21-5-3-4-17(21)14-34(23)22(35)15-38-19-6-8-20(9-7-19)39-27(28,29)30/h6-9,16-18,21,23H,3-5,10-12,14-15H2,1-2H3,(H,32,37)(H,33,36)/t16-,17-,18-,21-,23-/m0/s1. The minimum atomic E-state index is -4.81. The third kappa shape index (κ3) is 7.13. The topological polar surface area (TPSA) is 121 Å². The van der Waals surface area contributed by atoms with Crippen LogP contribution < -0.4 is 20.1 Å². The molecule has 3 fully saturated rings. The fourth-order valence-corrected chi connectivity index (χ4v) is 5.94. The molecule has 1 aliphatic carbocycles. The highest BCUT2D eigenvalue weighted by Gasteiger charge is 2.49. The molecule has 39 heavy (non-hydrogen) atoms. The van der Waals surface area contributed by atoms with Crippen molar-refractivity contribution in [2.75, 3.05) is 13.2 Å². The molecule has 12 heteroatoms. The van der Waals surface area contributed by atoms with Gasteiger partial charge in [0.2, 0.25) is 11.8 Å². The van der Waals surface area contributed by atoms with Gasteiger partial charge < -0.3 is 25.0 Å². The highest BCUT2D eigenvalue weighted by Crippen LogP contribution is 2.42. The van der Waals surface area contributed by atoms with E-state index in [0.717, 1.165) is 37.8 Å². The zero-order chi connectivity index (χ0) is 28.4. The van der Waals surface area contributed by atoms with Crippen molar-refractivity contribution in [3.05, 3.63) is 24.3 Å². The fraction of sp³-hybridized carbons (Fsp3) is 0.630. The number of ether oxygens (including phenoxy) is 2. The number of nitrogens with zero attached hydrogens (tertiary/aromatic N) is 2. The summed E-state index contributed by atoms with van der Waals surface area (Å²) in [5, 5.41) is 15.4. The molecule has 0 aromatic heterocycles. The first-order valence-corrected chi connectivity index (χ1v) is 13.2. The number of hydrogen-bond donors (Lipinski definition) is 2. The van der Waals surface area contributed by atoms with Crippen molar-refractivity contribution in [2.24, 2.45) is 17.8 Å². The normalized spacial score (nSPS) is 26.7. The molecule has 1 aromatic rings. The average molecular weight is 551 g/mol. The van der Waals surface area contributed by atoms with E-state index in [2.05, 4.69) is 21.4 Å². The largest absolute Gasteiger partial charge is 0.573 e. The maximum Gasteiger partial charge on any atom is 0.573 e. The summed E-state index contributed by atoms with van der Waals surface area (Å²) in [7, 11) is 0. The SMILES string of the molecule is CC1(C)CC[C@@H](C[C@@H](C#N)NC(=O)[C@@H]2[C@H]3CCC[C@H]3CN2C(=O)COc2ccc(OC(F)(F)F)cc2)C(=O)N1. The Morgan fingerprint density at radius 1 is 1.21 bits per heavy atom. The van der Waals surface area contributed by atoms with Crippen LogP contribution in [0.25, 0.3) is 0 Å². The van der Waals surface area contributed by atoms with E-state index in [4.69, 9.17) is 4.74 Å². The smallest absolute Gasteiger partial charge is 0.484 e. The Hall–Kier alpha value is -3.49. The van der Waals surface area contributed by atoms with E-state index in [1.165, 1.54) is 17.0 Å². The maximum absolute atomic E-state index is 13.4. The third-order valence-corrected chi connectivity index (χ3v) is 7.84. The van der Waals surface area contributed by atoms with Crippen LogP contribution >= 0.6 is 0 Å². The van der Waals surface area contributed by atoms with Gasteiger partial charge in [0.1, 0.15) is 23.6 Å². The summed E-state index contributed by atoms with van der Waals surface area (Å²) in [5.41, 5.74) is -0.303. The zero-order valence-electron chi connectivity index (χ0n) is 21.9. The Balaban J connectivity index is 1.37. The Labute approximate surface area is 225 Å². The molecule has 5 atom stereocenters. The number of carbonyl (C=O) groups excluding carboxylic acids is 3. The Bertz CT molecular complexity index is 1120. The predicted octanol–water partition coefficient (Wildman–Crippen LogP) is 3.29. The second-order valence-electron chi connectivity index (χ2n) is 11.2. The number of halogens is 3. The van der Waals surface area contributed by atoms with Gasteiger partial charge in [0, 0.05) is 18.0 Å². The van der Waals surface area contributed by atoms with Gasteiger partial charge in [0.15, 0.2) is 6.61 Å². The molecule has 0 spiro atoms. The number of alkyl halides is 3. The first-order valence-electron chi connectivity index (χ1n) is 13.2. The second-order valence-corrected chi connectivity index (χ2v) is 11.2. The summed E-state index contributed by atoms with van der Waals surface area (Å²) in [4.78, 5) is 40.5. The molecule has 2 heterocycles. The van der Waals surface area contributed by atoms with Crippen LogP contribution in [-0.4, -0.2) is 59.8 Å². The van der Waals surface area contributed by atoms with E-state index in [1.807, 2.05) is 13.8 Å². The number of likely N-dealkylation sites (tertiary alicyclic amines) is 1. The molecule has 9 nitrogen and oxygen atoms in total. The minimum absolute atomic E-state index is 0.0362. The van der Waals surface area contributed by atoms with Gasteiger partial charge in [0.05, 0.1) is 6.07 Å². The number of hydrogen-bond acceptors (Lipinski definition) is 6. The molecule has 2 N–H and O–H groups in total. The van der Waals surface area contributed by atoms with Crippen LogP contribution in [-0.2, 0) is 14.4 Å². The molecule has 2 saturated heterocycles. The number of nitrogens with one attached hydrogen (secondary N) is 2. The van der Waals surface area contributed by atoms with E-state index >= 15 is 0 Å². The number of piperidine rings is 1. The van der Waals surface area contributed by atoms with Crippen LogP contribution in [0.2, 0.25) is 0 Å². The quantitative estimate of drug-likeness (QED) is 0.513. The second kappa shape index (κ2) is 11.3.